The number of halogens is 1. The van der Waals surface area contributed by atoms with Gasteiger partial charge in [-0.25, -0.2) is 0 Å². The molecule has 3 aromatic rings. The third kappa shape index (κ3) is 5.67. The minimum absolute atomic E-state index is 0.166. The van der Waals surface area contributed by atoms with E-state index in [-0.39, 0.29) is 11.7 Å². The highest BCUT2D eigenvalue weighted by molar-refractivity contribution is 7.99. The van der Waals surface area contributed by atoms with Crippen molar-refractivity contribution in [1.82, 2.24) is 14.8 Å². The molecule has 1 aromatic heterocycles. The van der Waals surface area contributed by atoms with Gasteiger partial charge in [0.15, 0.2) is 11.0 Å². The molecule has 0 bridgehead atoms. The van der Waals surface area contributed by atoms with E-state index >= 15 is 0 Å². The maximum atomic E-state index is 12.3. The number of thioether (sulfide) groups is 1. The van der Waals surface area contributed by atoms with Gasteiger partial charge in [-0.3, -0.25) is 4.79 Å². The van der Waals surface area contributed by atoms with Crippen LogP contribution in [0.1, 0.15) is 17.0 Å². The molecule has 0 saturated carbocycles. The first-order valence-corrected chi connectivity index (χ1v) is 10.6. The van der Waals surface area contributed by atoms with Crippen LogP contribution >= 0.6 is 23.4 Å². The number of hydrogen-bond donors (Lipinski definition) is 1. The second kappa shape index (κ2) is 9.86. The second-order valence-electron chi connectivity index (χ2n) is 6.75. The fourth-order valence-corrected chi connectivity index (χ4v) is 3.76. The molecule has 0 radical (unpaired) electrons. The van der Waals surface area contributed by atoms with Crippen LogP contribution in [0, 0.1) is 13.8 Å². The van der Waals surface area contributed by atoms with Crippen molar-refractivity contribution >= 4 is 35.0 Å². The lowest BCUT2D eigenvalue weighted by atomic mass is 10.1. The molecule has 1 amide bonds. The number of carbonyl (C=O) groups excluding carboxylic acids is 1. The Labute approximate surface area is 184 Å². The number of amides is 1. The van der Waals surface area contributed by atoms with E-state index in [0.29, 0.717) is 34.0 Å². The smallest absolute Gasteiger partial charge is 0.234 e. The first-order chi connectivity index (χ1) is 14.4. The number of benzene rings is 2. The lowest BCUT2D eigenvalue weighted by Crippen LogP contribution is -2.15. The molecule has 0 aliphatic rings. The minimum Gasteiger partial charge on any atom is -0.495 e. The summed E-state index contributed by atoms with van der Waals surface area (Å²) < 4.78 is 12.9. The second-order valence-corrected chi connectivity index (χ2v) is 8.13. The molecule has 0 saturated heterocycles. The predicted molar refractivity (Wildman–Crippen MR) is 119 cm³/mol. The molecule has 0 fully saturated rings. The van der Waals surface area contributed by atoms with Crippen LogP contribution in [0.25, 0.3) is 0 Å². The fraction of sp³-hybridized carbons (Fsp3) is 0.286. The number of nitrogens with zero attached hydrogens (tertiary/aromatic N) is 3. The summed E-state index contributed by atoms with van der Waals surface area (Å²) in [6.07, 6.45) is 0. The minimum atomic E-state index is -0.198. The first-order valence-electron chi connectivity index (χ1n) is 9.21. The lowest BCUT2D eigenvalue weighted by Gasteiger charge is -2.10. The van der Waals surface area contributed by atoms with Gasteiger partial charge in [0, 0.05) is 12.1 Å². The molecule has 0 unspecified atom stereocenters. The SMILES string of the molecule is COc1ccc(Cl)cc1NC(=O)CSc1nnc(COc2cc(C)cc(C)c2)n1C. The van der Waals surface area contributed by atoms with E-state index in [1.807, 2.05) is 37.6 Å². The molecule has 0 aliphatic carbocycles. The number of nitrogens with one attached hydrogen (secondary N) is 1. The molecule has 30 heavy (non-hydrogen) atoms. The zero-order valence-electron chi connectivity index (χ0n) is 17.2. The third-order valence-electron chi connectivity index (χ3n) is 4.26. The largest absolute Gasteiger partial charge is 0.495 e. The summed E-state index contributed by atoms with van der Waals surface area (Å²) in [5.41, 5.74) is 2.80. The van der Waals surface area contributed by atoms with Crippen molar-refractivity contribution in [3.05, 3.63) is 58.4 Å². The van der Waals surface area contributed by atoms with Crippen LogP contribution in [0.5, 0.6) is 11.5 Å². The monoisotopic (exact) mass is 446 g/mol. The number of ether oxygens (including phenoxy) is 2. The van der Waals surface area contributed by atoms with Crippen molar-refractivity contribution in [2.45, 2.75) is 25.6 Å². The van der Waals surface area contributed by atoms with Gasteiger partial charge in [0.1, 0.15) is 18.1 Å². The summed E-state index contributed by atoms with van der Waals surface area (Å²) in [4.78, 5) is 12.3. The zero-order chi connectivity index (χ0) is 21.7. The Bertz CT molecular complexity index is 1030. The molecule has 7 nitrogen and oxygen atoms in total. The van der Waals surface area contributed by atoms with E-state index in [0.717, 1.165) is 16.9 Å². The number of aryl methyl sites for hydroxylation is 2. The Kier molecular flexibility index (Phi) is 7.23. The normalized spacial score (nSPS) is 10.7. The Hall–Kier alpha value is -2.71. The van der Waals surface area contributed by atoms with Gasteiger partial charge in [-0.15, -0.1) is 10.2 Å². The topological polar surface area (TPSA) is 78.3 Å². The number of rotatable bonds is 8. The molecule has 9 heteroatoms. The van der Waals surface area contributed by atoms with Gasteiger partial charge in [0.05, 0.1) is 18.6 Å². The van der Waals surface area contributed by atoms with Gasteiger partial charge in [-0.1, -0.05) is 29.4 Å². The van der Waals surface area contributed by atoms with Crippen LogP contribution in [0.4, 0.5) is 5.69 Å². The average Bonchev–Trinajstić information content (AvgIpc) is 3.04. The van der Waals surface area contributed by atoms with Crippen LogP contribution in [-0.4, -0.2) is 33.5 Å². The van der Waals surface area contributed by atoms with Crippen molar-refractivity contribution in [1.29, 1.82) is 0 Å². The Morgan fingerprint density at radius 1 is 1.17 bits per heavy atom. The highest BCUT2D eigenvalue weighted by Gasteiger charge is 2.14. The van der Waals surface area contributed by atoms with Crippen LogP contribution in [0.3, 0.4) is 0 Å². The fourth-order valence-electron chi connectivity index (χ4n) is 2.85. The third-order valence-corrected chi connectivity index (χ3v) is 5.51. The van der Waals surface area contributed by atoms with Crippen LogP contribution in [0.2, 0.25) is 5.02 Å². The van der Waals surface area contributed by atoms with Crippen LogP contribution in [-0.2, 0) is 18.4 Å². The Morgan fingerprint density at radius 2 is 1.90 bits per heavy atom. The molecule has 1 N–H and O–H groups in total. The number of hydrogen-bond acceptors (Lipinski definition) is 6. The summed E-state index contributed by atoms with van der Waals surface area (Å²) in [5, 5.41) is 12.3. The summed E-state index contributed by atoms with van der Waals surface area (Å²) in [6.45, 7) is 4.35. The molecular weight excluding hydrogens is 424 g/mol. The molecule has 0 aliphatic heterocycles. The summed E-state index contributed by atoms with van der Waals surface area (Å²) in [5.74, 6) is 1.98. The van der Waals surface area contributed by atoms with E-state index in [2.05, 4.69) is 21.6 Å². The number of carbonyl (C=O) groups is 1. The van der Waals surface area contributed by atoms with Crippen molar-refractivity contribution in [2.75, 3.05) is 18.2 Å². The van der Waals surface area contributed by atoms with Crippen molar-refractivity contribution in [2.24, 2.45) is 7.05 Å². The van der Waals surface area contributed by atoms with Gasteiger partial charge in [0.2, 0.25) is 5.91 Å². The van der Waals surface area contributed by atoms with Gasteiger partial charge < -0.3 is 19.4 Å². The predicted octanol–water partition coefficient (Wildman–Crippen LogP) is 4.40. The molecular formula is C21H23ClN4O3S. The van der Waals surface area contributed by atoms with E-state index in [1.165, 1.54) is 18.9 Å². The van der Waals surface area contributed by atoms with E-state index in [1.54, 1.807) is 18.2 Å². The lowest BCUT2D eigenvalue weighted by molar-refractivity contribution is -0.113. The van der Waals surface area contributed by atoms with Crippen molar-refractivity contribution in [3.8, 4) is 11.5 Å². The van der Waals surface area contributed by atoms with E-state index in [4.69, 9.17) is 21.1 Å². The van der Waals surface area contributed by atoms with Gasteiger partial charge in [0.25, 0.3) is 0 Å². The maximum absolute atomic E-state index is 12.3. The number of anilines is 1. The van der Waals surface area contributed by atoms with Crippen LogP contribution in [0.15, 0.2) is 41.6 Å². The molecule has 0 atom stereocenters. The van der Waals surface area contributed by atoms with Gasteiger partial charge in [-0.05, 0) is 55.3 Å². The molecule has 158 valence electrons. The number of methoxy groups -OCH3 is 1. The highest BCUT2D eigenvalue weighted by Crippen LogP contribution is 2.28. The molecule has 3 rings (SSSR count). The molecule has 0 spiro atoms. The summed E-state index contributed by atoms with van der Waals surface area (Å²) in [6, 6.07) is 11.1. The van der Waals surface area contributed by atoms with Crippen LogP contribution < -0.4 is 14.8 Å². The van der Waals surface area contributed by atoms with Gasteiger partial charge in [-0.2, -0.15) is 0 Å². The van der Waals surface area contributed by atoms with E-state index in [9.17, 15) is 4.79 Å². The first kappa shape index (κ1) is 22.0. The van der Waals surface area contributed by atoms with E-state index < -0.39 is 0 Å². The number of aromatic nitrogens is 3. The van der Waals surface area contributed by atoms with Crippen molar-refractivity contribution in [3.63, 3.8) is 0 Å². The quantitative estimate of drug-likeness (QED) is 0.516. The summed E-state index contributed by atoms with van der Waals surface area (Å²) in [7, 11) is 3.38. The summed E-state index contributed by atoms with van der Waals surface area (Å²) >= 11 is 7.29. The standard InChI is InChI=1S/C21H23ClN4O3S/c1-13-7-14(2)9-16(8-13)29-11-19-24-25-21(26(19)3)30-12-20(27)23-17-10-15(22)5-6-18(17)28-4/h5-10H,11-12H2,1-4H3,(H,23,27). The average molecular weight is 447 g/mol. The highest BCUT2D eigenvalue weighted by atomic mass is 35.5. The Balaban J connectivity index is 1.57. The maximum Gasteiger partial charge on any atom is 0.234 e. The Morgan fingerprint density at radius 3 is 2.60 bits per heavy atom. The zero-order valence-corrected chi connectivity index (χ0v) is 18.8. The van der Waals surface area contributed by atoms with Gasteiger partial charge >= 0.3 is 0 Å². The van der Waals surface area contributed by atoms with Crippen molar-refractivity contribution < 1.29 is 14.3 Å². The molecule has 2 aromatic carbocycles. The molecule has 1 heterocycles.